The number of aromatic nitrogens is 1. The van der Waals surface area contributed by atoms with E-state index < -0.39 is 0 Å². The first kappa shape index (κ1) is 18.3. The number of benzene rings is 2. The maximum absolute atomic E-state index is 12.4. The van der Waals surface area contributed by atoms with Gasteiger partial charge in [-0.05, 0) is 43.7 Å². The van der Waals surface area contributed by atoms with Gasteiger partial charge in [-0.2, -0.15) is 0 Å². The van der Waals surface area contributed by atoms with Crippen LogP contribution in [0.2, 0.25) is 0 Å². The van der Waals surface area contributed by atoms with Gasteiger partial charge in [0.15, 0.2) is 0 Å². The number of hydrogen-bond donors (Lipinski definition) is 2. The molecule has 0 atom stereocenters. The number of anilines is 1. The molecule has 0 aliphatic carbocycles. The number of aryl methyl sites for hydroxylation is 2. The van der Waals surface area contributed by atoms with Crippen LogP contribution in [-0.2, 0) is 6.54 Å². The molecule has 5 nitrogen and oxygen atoms in total. The lowest BCUT2D eigenvalue weighted by Gasteiger charge is -2.08. The average molecular weight is 359 g/mol. The Morgan fingerprint density at radius 1 is 0.815 bits per heavy atom. The second kappa shape index (κ2) is 8.27. The van der Waals surface area contributed by atoms with Crippen molar-refractivity contribution in [2.24, 2.45) is 0 Å². The van der Waals surface area contributed by atoms with Crippen molar-refractivity contribution in [2.75, 3.05) is 5.32 Å². The highest BCUT2D eigenvalue weighted by Gasteiger charge is 2.12. The number of nitrogens with zero attached hydrogens (tertiary/aromatic N) is 1. The zero-order chi connectivity index (χ0) is 19.2. The van der Waals surface area contributed by atoms with Crippen LogP contribution in [0.5, 0.6) is 0 Å². The molecule has 0 aliphatic rings. The van der Waals surface area contributed by atoms with Crippen LogP contribution < -0.4 is 10.6 Å². The fourth-order valence-electron chi connectivity index (χ4n) is 2.61. The Morgan fingerprint density at radius 2 is 1.48 bits per heavy atom. The molecule has 0 radical (unpaired) electrons. The Bertz CT molecular complexity index is 965. The minimum absolute atomic E-state index is 0.193. The maximum atomic E-state index is 12.4. The van der Waals surface area contributed by atoms with Crippen molar-refractivity contribution in [3.05, 3.63) is 94.8 Å². The largest absolute Gasteiger partial charge is 0.347 e. The fourth-order valence-corrected chi connectivity index (χ4v) is 2.61. The number of carbonyl (C=O) groups is 2. The second-order valence-corrected chi connectivity index (χ2v) is 6.40. The maximum Gasteiger partial charge on any atom is 0.274 e. The number of rotatable bonds is 5. The Kier molecular flexibility index (Phi) is 5.61. The summed E-state index contributed by atoms with van der Waals surface area (Å²) in [4.78, 5) is 28.9. The summed E-state index contributed by atoms with van der Waals surface area (Å²) in [5.41, 5.74) is 4.34. The monoisotopic (exact) mass is 359 g/mol. The Labute approximate surface area is 158 Å². The number of hydrogen-bond acceptors (Lipinski definition) is 3. The van der Waals surface area contributed by atoms with Crippen LogP contribution in [-0.4, -0.2) is 16.8 Å². The van der Waals surface area contributed by atoms with E-state index in [1.165, 1.54) is 0 Å². The molecule has 0 unspecified atom stereocenters. The molecule has 0 aliphatic heterocycles. The molecule has 0 fully saturated rings. The van der Waals surface area contributed by atoms with Crippen LogP contribution in [0.4, 0.5) is 5.69 Å². The summed E-state index contributed by atoms with van der Waals surface area (Å²) in [6, 6.07) is 20.2. The summed E-state index contributed by atoms with van der Waals surface area (Å²) in [5, 5.41) is 5.61. The SMILES string of the molecule is Cc1ccc(NC(=O)c2cccc(C(=O)NCc3cccc(C)c3)n2)cc1. The number of pyridine rings is 1. The highest BCUT2D eigenvalue weighted by atomic mass is 16.2. The third-order valence-corrected chi connectivity index (χ3v) is 4.06. The van der Waals surface area contributed by atoms with Gasteiger partial charge in [-0.15, -0.1) is 0 Å². The summed E-state index contributed by atoms with van der Waals surface area (Å²) in [6.45, 7) is 4.39. The Morgan fingerprint density at radius 3 is 2.19 bits per heavy atom. The van der Waals surface area contributed by atoms with E-state index in [9.17, 15) is 9.59 Å². The van der Waals surface area contributed by atoms with Crippen LogP contribution in [0, 0.1) is 13.8 Å². The van der Waals surface area contributed by atoms with Crippen molar-refractivity contribution in [1.82, 2.24) is 10.3 Å². The molecule has 0 spiro atoms. The van der Waals surface area contributed by atoms with Gasteiger partial charge in [-0.1, -0.05) is 53.6 Å². The molecule has 3 rings (SSSR count). The molecule has 27 heavy (non-hydrogen) atoms. The molecule has 2 aromatic carbocycles. The molecular weight excluding hydrogens is 338 g/mol. The van der Waals surface area contributed by atoms with Gasteiger partial charge < -0.3 is 10.6 Å². The van der Waals surface area contributed by atoms with Crippen molar-refractivity contribution in [3.8, 4) is 0 Å². The summed E-state index contributed by atoms with van der Waals surface area (Å²) in [7, 11) is 0. The fraction of sp³-hybridized carbons (Fsp3) is 0.136. The molecule has 0 saturated heterocycles. The van der Waals surface area contributed by atoms with Crippen LogP contribution in [0.15, 0.2) is 66.7 Å². The highest BCUT2D eigenvalue weighted by molar-refractivity contribution is 6.03. The Balaban J connectivity index is 1.66. The van der Waals surface area contributed by atoms with E-state index in [1.54, 1.807) is 18.2 Å². The molecular formula is C22H21N3O2. The van der Waals surface area contributed by atoms with Crippen LogP contribution >= 0.6 is 0 Å². The summed E-state index contributed by atoms with van der Waals surface area (Å²) < 4.78 is 0. The van der Waals surface area contributed by atoms with Crippen LogP contribution in [0.25, 0.3) is 0 Å². The van der Waals surface area contributed by atoms with Crippen molar-refractivity contribution < 1.29 is 9.59 Å². The van der Waals surface area contributed by atoms with Gasteiger partial charge in [0.2, 0.25) is 0 Å². The van der Waals surface area contributed by atoms with Gasteiger partial charge in [-0.25, -0.2) is 4.98 Å². The lowest BCUT2D eigenvalue weighted by atomic mass is 10.1. The predicted molar refractivity (Wildman–Crippen MR) is 106 cm³/mol. The molecule has 1 heterocycles. The van der Waals surface area contributed by atoms with Crippen LogP contribution in [0.1, 0.15) is 37.7 Å². The topological polar surface area (TPSA) is 71.1 Å². The van der Waals surface area contributed by atoms with Gasteiger partial charge in [0, 0.05) is 12.2 Å². The highest BCUT2D eigenvalue weighted by Crippen LogP contribution is 2.11. The number of carbonyl (C=O) groups excluding carboxylic acids is 2. The lowest BCUT2D eigenvalue weighted by Crippen LogP contribution is -2.25. The first-order valence-electron chi connectivity index (χ1n) is 8.70. The summed E-state index contributed by atoms with van der Waals surface area (Å²) in [6.07, 6.45) is 0. The van der Waals surface area contributed by atoms with E-state index in [4.69, 9.17) is 0 Å². The average Bonchev–Trinajstić information content (AvgIpc) is 2.68. The Hall–Kier alpha value is -3.47. The molecule has 136 valence electrons. The van der Waals surface area contributed by atoms with Gasteiger partial charge in [0.1, 0.15) is 11.4 Å². The van der Waals surface area contributed by atoms with Crippen molar-refractivity contribution >= 4 is 17.5 Å². The minimum Gasteiger partial charge on any atom is -0.347 e. The quantitative estimate of drug-likeness (QED) is 0.726. The number of nitrogens with one attached hydrogen (secondary N) is 2. The lowest BCUT2D eigenvalue weighted by molar-refractivity contribution is 0.0945. The normalized spacial score (nSPS) is 10.3. The smallest absolute Gasteiger partial charge is 0.274 e. The standard InChI is InChI=1S/C22H21N3O2/c1-15-9-11-18(12-10-15)24-22(27)20-8-4-7-19(25-20)21(26)23-14-17-6-3-5-16(2)13-17/h3-13H,14H2,1-2H3,(H,23,26)(H,24,27). The molecule has 0 saturated carbocycles. The first-order chi connectivity index (χ1) is 13.0. The molecule has 2 amide bonds. The van der Waals surface area contributed by atoms with Gasteiger partial charge in [0.05, 0.1) is 0 Å². The molecule has 5 heteroatoms. The molecule has 2 N–H and O–H groups in total. The molecule has 1 aromatic heterocycles. The third-order valence-electron chi connectivity index (χ3n) is 4.06. The van der Waals surface area contributed by atoms with E-state index in [0.717, 1.165) is 16.7 Å². The molecule has 0 bridgehead atoms. The van der Waals surface area contributed by atoms with E-state index in [0.29, 0.717) is 12.2 Å². The van der Waals surface area contributed by atoms with Crippen molar-refractivity contribution in [1.29, 1.82) is 0 Å². The van der Waals surface area contributed by atoms with E-state index in [-0.39, 0.29) is 23.2 Å². The summed E-state index contributed by atoms with van der Waals surface area (Å²) >= 11 is 0. The zero-order valence-electron chi connectivity index (χ0n) is 15.3. The van der Waals surface area contributed by atoms with Crippen molar-refractivity contribution in [2.45, 2.75) is 20.4 Å². The predicted octanol–water partition coefficient (Wildman–Crippen LogP) is 3.88. The number of amides is 2. The van der Waals surface area contributed by atoms with E-state index >= 15 is 0 Å². The van der Waals surface area contributed by atoms with Gasteiger partial charge >= 0.3 is 0 Å². The third kappa shape index (κ3) is 5.01. The first-order valence-corrected chi connectivity index (χ1v) is 8.70. The van der Waals surface area contributed by atoms with E-state index in [1.807, 2.05) is 62.4 Å². The van der Waals surface area contributed by atoms with E-state index in [2.05, 4.69) is 15.6 Å². The second-order valence-electron chi connectivity index (χ2n) is 6.40. The minimum atomic E-state index is -0.354. The summed E-state index contributed by atoms with van der Waals surface area (Å²) in [5.74, 6) is -0.673. The zero-order valence-corrected chi connectivity index (χ0v) is 15.3. The van der Waals surface area contributed by atoms with Gasteiger partial charge in [0.25, 0.3) is 11.8 Å². The van der Waals surface area contributed by atoms with Crippen molar-refractivity contribution in [3.63, 3.8) is 0 Å². The molecule has 3 aromatic rings. The van der Waals surface area contributed by atoms with Gasteiger partial charge in [-0.3, -0.25) is 9.59 Å². The van der Waals surface area contributed by atoms with Crippen LogP contribution in [0.3, 0.4) is 0 Å².